The third-order valence-electron chi connectivity index (χ3n) is 5.42. The molecule has 21 heavy (non-hydrogen) atoms. The quantitative estimate of drug-likeness (QED) is 0.823. The van der Waals surface area contributed by atoms with Gasteiger partial charge in [0.05, 0.1) is 11.7 Å². The molecule has 0 bridgehead atoms. The number of rotatable bonds is 7. The van der Waals surface area contributed by atoms with E-state index < -0.39 is 0 Å². The van der Waals surface area contributed by atoms with Crippen LogP contribution < -0.4 is 5.32 Å². The number of hydrogen-bond acceptors (Lipinski definition) is 2. The molecule has 0 radical (unpaired) electrons. The van der Waals surface area contributed by atoms with Gasteiger partial charge in [-0.15, -0.1) is 0 Å². The Hall–Kier alpha value is -0.830. The van der Waals surface area contributed by atoms with E-state index in [4.69, 9.17) is 5.10 Å². The van der Waals surface area contributed by atoms with Gasteiger partial charge in [0.25, 0.3) is 0 Å². The number of hydrogen-bond donors (Lipinski definition) is 1. The fourth-order valence-corrected chi connectivity index (χ4v) is 3.41. The molecule has 3 heteroatoms. The van der Waals surface area contributed by atoms with Crippen LogP contribution in [0.15, 0.2) is 12.3 Å². The standard InChI is InChI=1S/C18H31N3/c1-14(15(2)13-19-16-8-9-16)12-17-10-11-21(20-17)18-6-4-3-5-7-18/h10-11,14-16,18-19H,3-9,12-13H2,1-2H3. The van der Waals surface area contributed by atoms with Crippen LogP contribution in [0.2, 0.25) is 0 Å². The van der Waals surface area contributed by atoms with Crippen molar-refractivity contribution in [3.05, 3.63) is 18.0 Å². The molecular weight excluding hydrogens is 258 g/mol. The maximum Gasteiger partial charge on any atom is 0.0627 e. The summed E-state index contributed by atoms with van der Waals surface area (Å²) < 4.78 is 2.24. The van der Waals surface area contributed by atoms with E-state index in [-0.39, 0.29) is 0 Å². The zero-order chi connectivity index (χ0) is 14.7. The van der Waals surface area contributed by atoms with E-state index in [0.717, 1.165) is 24.9 Å². The molecular formula is C18H31N3. The molecule has 0 aliphatic heterocycles. The monoisotopic (exact) mass is 289 g/mol. The van der Waals surface area contributed by atoms with E-state index in [0.29, 0.717) is 12.0 Å². The summed E-state index contributed by atoms with van der Waals surface area (Å²) in [6, 6.07) is 3.73. The molecule has 3 nitrogen and oxygen atoms in total. The highest BCUT2D eigenvalue weighted by atomic mass is 15.3. The number of nitrogens with one attached hydrogen (secondary N) is 1. The maximum atomic E-state index is 4.86. The first-order valence-electron chi connectivity index (χ1n) is 9.00. The third kappa shape index (κ3) is 4.32. The smallest absolute Gasteiger partial charge is 0.0627 e. The molecule has 0 spiro atoms. The molecule has 1 N–H and O–H groups in total. The zero-order valence-corrected chi connectivity index (χ0v) is 13.7. The molecule has 118 valence electrons. The summed E-state index contributed by atoms with van der Waals surface area (Å²) in [4.78, 5) is 0. The van der Waals surface area contributed by atoms with Crippen LogP contribution in [-0.4, -0.2) is 22.4 Å². The Morgan fingerprint density at radius 3 is 2.62 bits per heavy atom. The summed E-state index contributed by atoms with van der Waals surface area (Å²) in [5.41, 5.74) is 1.28. The first-order valence-corrected chi connectivity index (χ1v) is 9.00. The Labute approximate surface area is 129 Å². The minimum Gasteiger partial charge on any atom is -0.314 e. The molecule has 3 rings (SSSR count). The van der Waals surface area contributed by atoms with Crippen molar-refractivity contribution in [1.29, 1.82) is 0 Å². The van der Waals surface area contributed by atoms with Crippen molar-refractivity contribution in [3.63, 3.8) is 0 Å². The highest BCUT2D eigenvalue weighted by Crippen LogP contribution is 2.28. The van der Waals surface area contributed by atoms with Gasteiger partial charge in [0, 0.05) is 12.2 Å². The van der Waals surface area contributed by atoms with Crippen molar-refractivity contribution < 1.29 is 0 Å². The lowest BCUT2D eigenvalue weighted by Gasteiger charge is -2.22. The van der Waals surface area contributed by atoms with Gasteiger partial charge in [-0.05, 0) is 56.6 Å². The van der Waals surface area contributed by atoms with Crippen LogP contribution in [0.1, 0.15) is 70.5 Å². The Morgan fingerprint density at radius 1 is 1.14 bits per heavy atom. The molecule has 1 aromatic heterocycles. The molecule has 0 aromatic carbocycles. The summed E-state index contributed by atoms with van der Waals surface area (Å²) in [5.74, 6) is 1.43. The number of aromatic nitrogens is 2. The van der Waals surface area contributed by atoms with Gasteiger partial charge in [-0.1, -0.05) is 33.1 Å². The summed E-state index contributed by atoms with van der Waals surface area (Å²) in [7, 11) is 0. The van der Waals surface area contributed by atoms with Crippen molar-refractivity contribution >= 4 is 0 Å². The molecule has 2 aliphatic rings. The van der Waals surface area contributed by atoms with Crippen molar-refractivity contribution in [2.75, 3.05) is 6.54 Å². The van der Waals surface area contributed by atoms with Crippen molar-refractivity contribution in [1.82, 2.24) is 15.1 Å². The third-order valence-corrected chi connectivity index (χ3v) is 5.42. The van der Waals surface area contributed by atoms with Crippen LogP contribution >= 0.6 is 0 Å². The lowest BCUT2D eigenvalue weighted by atomic mass is 9.91. The highest BCUT2D eigenvalue weighted by molar-refractivity contribution is 5.01. The molecule has 2 aliphatic carbocycles. The Kier molecular flexibility index (Phi) is 4.99. The van der Waals surface area contributed by atoms with E-state index in [2.05, 4.69) is 36.1 Å². The Bertz CT molecular complexity index is 429. The molecule has 1 heterocycles. The van der Waals surface area contributed by atoms with Gasteiger partial charge in [-0.2, -0.15) is 5.10 Å². The topological polar surface area (TPSA) is 29.9 Å². The Balaban J connectivity index is 1.48. The average Bonchev–Trinajstić information content (AvgIpc) is 3.23. The van der Waals surface area contributed by atoms with Crippen LogP contribution in [0, 0.1) is 11.8 Å². The normalized spacial score (nSPS) is 23.1. The zero-order valence-electron chi connectivity index (χ0n) is 13.7. The molecule has 1 aromatic rings. The van der Waals surface area contributed by atoms with Gasteiger partial charge in [0.15, 0.2) is 0 Å². The minimum absolute atomic E-state index is 0.664. The van der Waals surface area contributed by atoms with Crippen molar-refractivity contribution in [3.8, 4) is 0 Å². The summed E-state index contributed by atoms with van der Waals surface area (Å²) in [6.07, 6.45) is 12.9. The van der Waals surface area contributed by atoms with Crippen LogP contribution in [-0.2, 0) is 6.42 Å². The predicted molar refractivity (Wildman–Crippen MR) is 87.4 cm³/mol. The lowest BCUT2D eigenvalue weighted by molar-refractivity contribution is 0.323. The van der Waals surface area contributed by atoms with E-state index >= 15 is 0 Å². The number of nitrogens with zero attached hydrogens (tertiary/aromatic N) is 2. The maximum absolute atomic E-state index is 4.86. The minimum atomic E-state index is 0.664. The van der Waals surface area contributed by atoms with Crippen LogP contribution in [0.25, 0.3) is 0 Å². The molecule has 2 saturated carbocycles. The molecule has 2 unspecified atom stereocenters. The molecule has 0 saturated heterocycles. The van der Waals surface area contributed by atoms with Crippen LogP contribution in [0.3, 0.4) is 0 Å². The second-order valence-electron chi connectivity index (χ2n) is 7.42. The van der Waals surface area contributed by atoms with Gasteiger partial charge >= 0.3 is 0 Å². The fourth-order valence-electron chi connectivity index (χ4n) is 3.41. The summed E-state index contributed by atoms with van der Waals surface area (Å²) >= 11 is 0. The average molecular weight is 289 g/mol. The molecule has 0 amide bonds. The second-order valence-corrected chi connectivity index (χ2v) is 7.42. The second kappa shape index (κ2) is 6.95. The Morgan fingerprint density at radius 2 is 1.90 bits per heavy atom. The molecule has 2 atom stereocenters. The van der Waals surface area contributed by atoms with E-state index in [1.807, 2.05) is 0 Å². The van der Waals surface area contributed by atoms with Crippen molar-refractivity contribution in [2.24, 2.45) is 11.8 Å². The van der Waals surface area contributed by atoms with Gasteiger partial charge in [0.2, 0.25) is 0 Å². The summed E-state index contributed by atoms with van der Waals surface area (Å²) in [6.45, 7) is 5.91. The first-order chi connectivity index (χ1) is 10.2. The van der Waals surface area contributed by atoms with Gasteiger partial charge in [-0.3, -0.25) is 4.68 Å². The molecule has 2 fully saturated rings. The highest BCUT2D eigenvalue weighted by Gasteiger charge is 2.23. The van der Waals surface area contributed by atoms with Gasteiger partial charge in [-0.25, -0.2) is 0 Å². The van der Waals surface area contributed by atoms with Crippen LogP contribution in [0.5, 0.6) is 0 Å². The first kappa shape index (κ1) is 15.1. The predicted octanol–water partition coefficient (Wildman–Crippen LogP) is 3.96. The van der Waals surface area contributed by atoms with E-state index in [1.54, 1.807) is 0 Å². The fraction of sp³-hybridized carbons (Fsp3) is 0.833. The van der Waals surface area contributed by atoms with Crippen molar-refractivity contribution in [2.45, 2.75) is 77.3 Å². The largest absolute Gasteiger partial charge is 0.314 e. The SMILES string of the molecule is CC(CNC1CC1)C(C)Cc1ccn(C2CCCCC2)n1. The summed E-state index contributed by atoms with van der Waals surface area (Å²) in [5, 5.41) is 8.51. The van der Waals surface area contributed by atoms with E-state index in [9.17, 15) is 0 Å². The lowest BCUT2D eigenvalue weighted by Crippen LogP contribution is -2.27. The van der Waals surface area contributed by atoms with E-state index in [1.165, 1.54) is 50.6 Å². The van der Waals surface area contributed by atoms with Gasteiger partial charge in [0.1, 0.15) is 0 Å². The van der Waals surface area contributed by atoms with Gasteiger partial charge < -0.3 is 5.32 Å². The van der Waals surface area contributed by atoms with Crippen LogP contribution in [0.4, 0.5) is 0 Å².